The third-order valence-electron chi connectivity index (χ3n) is 12.5. The molecule has 0 aromatic heterocycles. The smallest absolute Gasteiger partial charge is 0.310 e. The van der Waals surface area contributed by atoms with E-state index in [1.165, 1.54) is 109 Å². The van der Waals surface area contributed by atoms with Crippen molar-refractivity contribution in [1.29, 1.82) is 0 Å². The molecule has 0 aliphatic carbocycles. The van der Waals surface area contributed by atoms with Crippen LogP contribution in [0.2, 0.25) is 0 Å². The quantitative estimate of drug-likeness (QED) is 0.0261. The summed E-state index contributed by atoms with van der Waals surface area (Å²) in [5.41, 5.74) is 0. The van der Waals surface area contributed by atoms with Crippen molar-refractivity contribution in [3.05, 3.63) is 122 Å². The number of unbranched alkanes of at least 4 members (excludes halogenated alkanes) is 23. The molecule has 0 aliphatic rings. The van der Waals surface area contributed by atoms with Gasteiger partial charge in [-0.15, -0.1) is 0 Å². The molecular formula is C67H110O6. The average Bonchev–Trinajstić information content (AvgIpc) is 3.39. The van der Waals surface area contributed by atoms with E-state index in [1.54, 1.807) is 6.08 Å². The Kier molecular flexibility index (Phi) is 56.9. The number of allylic oxidation sites excluding steroid dienone is 19. The lowest BCUT2D eigenvalue weighted by atomic mass is 10.0. The van der Waals surface area contributed by atoms with Crippen molar-refractivity contribution in [2.24, 2.45) is 0 Å². The predicted octanol–water partition coefficient (Wildman–Crippen LogP) is 20.4. The second kappa shape index (κ2) is 60.4. The summed E-state index contributed by atoms with van der Waals surface area (Å²) in [6, 6.07) is 0. The molecule has 0 saturated heterocycles. The van der Waals surface area contributed by atoms with Crippen molar-refractivity contribution in [2.75, 3.05) is 13.2 Å². The van der Waals surface area contributed by atoms with Gasteiger partial charge in [0, 0.05) is 12.8 Å². The number of hydrogen-bond acceptors (Lipinski definition) is 6. The maximum Gasteiger partial charge on any atom is 0.310 e. The summed E-state index contributed by atoms with van der Waals surface area (Å²) >= 11 is 0. The Morgan fingerprint density at radius 2 is 0.575 bits per heavy atom. The van der Waals surface area contributed by atoms with Crippen LogP contribution in [-0.2, 0) is 28.6 Å². The molecule has 0 aromatic carbocycles. The lowest BCUT2D eigenvalue weighted by Gasteiger charge is -2.18. The maximum atomic E-state index is 12.8. The first kappa shape index (κ1) is 68.8. The van der Waals surface area contributed by atoms with E-state index in [1.807, 2.05) is 6.08 Å². The van der Waals surface area contributed by atoms with E-state index in [2.05, 4.69) is 130 Å². The number of hydrogen-bond donors (Lipinski definition) is 0. The Balaban J connectivity index is 4.40. The summed E-state index contributed by atoms with van der Waals surface area (Å²) in [6.45, 7) is 6.31. The first-order chi connectivity index (χ1) is 36.0. The van der Waals surface area contributed by atoms with Crippen LogP contribution < -0.4 is 0 Å². The van der Waals surface area contributed by atoms with E-state index in [4.69, 9.17) is 14.2 Å². The number of carbonyl (C=O) groups excluding carboxylic acids is 3. The van der Waals surface area contributed by atoms with Gasteiger partial charge < -0.3 is 14.2 Å². The van der Waals surface area contributed by atoms with Crippen LogP contribution in [0, 0.1) is 0 Å². The minimum atomic E-state index is -0.843. The molecule has 0 radical (unpaired) electrons. The molecule has 0 spiro atoms. The molecule has 0 aromatic rings. The van der Waals surface area contributed by atoms with Gasteiger partial charge in [-0.1, -0.05) is 258 Å². The van der Waals surface area contributed by atoms with Gasteiger partial charge in [-0.25, -0.2) is 0 Å². The Morgan fingerprint density at radius 3 is 0.904 bits per heavy atom. The van der Waals surface area contributed by atoms with Crippen molar-refractivity contribution in [3.8, 4) is 0 Å². The Labute approximate surface area is 450 Å². The van der Waals surface area contributed by atoms with Crippen LogP contribution in [0.25, 0.3) is 0 Å². The summed E-state index contributed by atoms with van der Waals surface area (Å²) in [4.78, 5) is 38.1. The van der Waals surface area contributed by atoms with Gasteiger partial charge in [-0.2, -0.15) is 0 Å². The Bertz CT molecular complexity index is 1540. The number of carbonyl (C=O) groups is 3. The molecule has 6 heteroatoms. The molecule has 414 valence electrons. The monoisotopic (exact) mass is 1010 g/mol. The topological polar surface area (TPSA) is 78.9 Å². The first-order valence-corrected chi connectivity index (χ1v) is 30.0. The number of esters is 3. The van der Waals surface area contributed by atoms with E-state index in [9.17, 15) is 14.4 Å². The molecule has 0 amide bonds. The van der Waals surface area contributed by atoms with Crippen molar-refractivity contribution < 1.29 is 28.6 Å². The van der Waals surface area contributed by atoms with Crippen molar-refractivity contribution >= 4 is 17.9 Å². The molecule has 0 bridgehead atoms. The van der Waals surface area contributed by atoms with E-state index >= 15 is 0 Å². The molecule has 0 rings (SSSR count). The SMILES string of the molecule is CC/C=C\C/C=C\C/C=C\C/C=C\C/C=C\CC(=O)OC(COC(=O)CCCCCCC/C=C\C/C=C\C/C=C\CC)COC(=O)CCCCCCCCCCCCCCC/C=C\C/C=C\CCCCCCC. The van der Waals surface area contributed by atoms with Gasteiger partial charge in [0.1, 0.15) is 13.2 Å². The normalized spacial score (nSPS) is 13.0. The summed E-state index contributed by atoms with van der Waals surface area (Å²) < 4.78 is 16.8. The molecule has 0 fully saturated rings. The van der Waals surface area contributed by atoms with E-state index in [-0.39, 0.29) is 31.6 Å². The molecule has 0 N–H and O–H groups in total. The molecule has 0 heterocycles. The van der Waals surface area contributed by atoms with Crippen LogP contribution in [0.4, 0.5) is 0 Å². The van der Waals surface area contributed by atoms with Crippen molar-refractivity contribution in [2.45, 2.75) is 271 Å². The molecule has 0 saturated carbocycles. The fraction of sp³-hybridized carbons (Fsp3) is 0.657. The third kappa shape index (κ3) is 58.6. The van der Waals surface area contributed by atoms with Gasteiger partial charge in [-0.3, -0.25) is 14.4 Å². The molecule has 0 aliphatic heterocycles. The van der Waals surface area contributed by atoms with Gasteiger partial charge in [-0.05, 0) is 109 Å². The van der Waals surface area contributed by atoms with Crippen LogP contribution in [0.1, 0.15) is 265 Å². The molecule has 1 unspecified atom stereocenters. The highest BCUT2D eigenvalue weighted by molar-refractivity contribution is 5.72. The fourth-order valence-electron chi connectivity index (χ4n) is 8.03. The first-order valence-electron chi connectivity index (χ1n) is 30.0. The van der Waals surface area contributed by atoms with Crippen molar-refractivity contribution in [1.82, 2.24) is 0 Å². The second-order valence-electron chi connectivity index (χ2n) is 19.5. The Hall–Kier alpha value is -4.19. The van der Waals surface area contributed by atoms with E-state index in [0.29, 0.717) is 19.3 Å². The average molecular weight is 1010 g/mol. The predicted molar refractivity (Wildman–Crippen MR) is 316 cm³/mol. The molecule has 73 heavy (non-hydrogen) atoms. The minimum Gasteiger partial charge on any atom is -0.462 e. The van der Waals surface area contributed by atoms with Gasteiger partial charge >= 0.3 is 17.9 Å². The zero-order valence-corrected chi connectivity index (χ0v) is 47.4. The number of ether oxygens (including phenoxy) is 3. The minimum absolute atomic E-state index is 0.0893. The molecule has 1 atom stereocenters. The van der Waals surface area contributed by atoms with Crippen LogP contribution >= 0.6 is 0 Å². The standard InChI is InChI=1S/C67H110O6/c1-4-7-10-13-16-19-22-25-28-29-30-31-32-33-34-35-36-37-40-42-45-48-51-54-57-60-66(69)72-63-64(73-67(70)61-58-55-52-49-46-43-39-27-24-21-18-15-12-9-6-3)62-71-65(68)59-56-53-50-47-44-41-38-26-23-20-17-14-11-8-5-2/h8-9,11-12,17-18,20-22,25-27,29-30,38-39,46,49,55,58,64H,4-7,10,13-16,19,23-24,28,31-37,40-45,47-48,50-54,56-57,59-63H2,1-3H3/b11-8-,12-9-,20-17-,21-18-,25-22-,30-29-,38-26-,39-27-,49-46-,58-55-. The summed E-state index contributed by atoms with van der Waals surface area (Å²) in [5, 5.41) is 0. The van der Waals surface area contributed by atoms with Gasteiger partial charge in [0.15, 0.2) is 6.10 Å². The molecular weight excluding hydrogens is 901 g/mol. The maximum absolute atomic E-state index is 12.8. The highest BCUT2D eigenvalue weighted by Crippen LogP contribution is 2.15. The van der Waals surface area contributed by atoms with Crippen LogP contribution in [0.3, 0.4) is 0 Å². The largest absolute Gasteiger partial charge is 0.462 e. The van der Waals surface area contributed by atoms with Gasteiger partial charge in [0.25, 0.3) is 0 Å². The summed E-state index contributed by atoms with van der Waals surface area (Å²) in [7, 11) is 0. The van der Waals surface area contributed by atoms with Crippen molar-refractivity contribution in [3.63, 3.8) is 0 Å². The Morgan fingerprint density at radius 1 is 0.301 bits per heavy atom. The van der Waals surface area contributed by atoms with Gasteiger partial charge in [0.05, 0.1) is 6.42 Å². The van der Waals surface area contributed by atoms with E-state index < -0.39 is 12.1 Å². The number of rotatable bonds is 53. The highest BCUT2D eigenvalue weighted by atomic mass is 16.6. The summed E-state index contributed by atoms with van der Waals surface area (Å²) in [6.07, 6.45) is 83.7. The van der Waals surface area contributed by atoms with Crippen LogP contribution in [-0.4, -0.2) is 37.2 Å². The second-order valence-corrected chi connectivity index (χ2v) is 19.5. The van der Waals surface area contributed by atoms with Gasteiger partial charge in [0.2, 0.25) is 0 Å². The molecule has 6 nitrogen and oxygen atoms in total. The van der Waals surface area contributed by atoms with Crippen LogP contribution in [0.15, 0.2) is 122 Å². The highest BCUT2D eigenvalue weighted by Gasteiger charge is 2.19. The van der Waals surface area contributed by atoms with E-state index in [0.717, 1.165) is 109 Å². The fourth-order valence-corrected chi connectivity index (χ4v) is 8.03. The lowest BCUT2D eigenvalue weighted by Crippen LogP contribution is -2.30. The lowest BCUT2D eigenvalue weighted by molar-refractivity contribution is -0.166. The summed E-state index contributed by atoms with van der Waals surface area (Å²) in [5.74, 6) is -1.07. The zero-order chi connectivity index (χ0) is 52.9. The van der Waals surface area contributed by atoms with Crippen LogP contribution in [0.5, 0.6) is 0 Å². The zero-order valence-electron chi connectivity index (χ0n) is 47.4. The third-order valence-corrected chi connectivity index (χ3v) is 12.5.